The van der Waals surface area contributed by atoms with E-state index in [0.29, 0.717) is 18.6 Å². The molecule has 1 saturated heterocycles. The molecule has 0 spiro atoms. The zero-order valence-corrected chi connectivity index (χ0v) is 13.2. The van der Waals surface area contributed by atoms with Gasteiger partial charge in [0, 0.05) is 51.7 Å². The number of likely N-dealkylation sites (N-methyl/N-ethyl adjacent to an activating group) is 1. The van der Waals surface area contributed by atoms with E-state index in [1.54, 1.807) is 11.1 Å². The SMILES string of the molecule is CC(NC1CCN(CC(=O)N(C)C)CC1)c1cccnc1. The van der Waals surface area contributed by atoms with Crippen LogP contribution < -0.4 is 5.32 Å². The average Bonchev–Trinajstić information content (AvgIpc) is 2.50. The predicted molar refractivity (Wildman–Crippen MR) is 83.9 cm³/mol. The summed E-state index contributed by atoms with van der Waals surface area (Å²) in [6.07, 6.45) is 5.90. The summed E-state index contributed by atoms with van der Waals surface area (Å²) in [5, 5.41) is 3.67. The van der Waals surface area contributed by atoms with Gasteiger partial charge >= 0.3 is 0 Å². The summed E-state index contributed by atoms with van der Waals surface area (Å²) in [7, 11) is 3.62. The quantitative estimate of drug-likeness (QED) is 0.887. The van der Waals surface area contributed by atoms with E-state index < -0.39 is 0 Å². The van der Waals surface area contributed by atoms with Crippen LogP contribution in [-0.4, -0.2) is 60.5 Å². The van der Waals surface area contributed by atoms with E-state index in [2.05, 4.69) is 28.2 Å². The minimum absolute atomic E-state index is 0.185. The molecule has 116 valence electrons. The molecule has 1 unspecified atom stereocenters. The molecule has 0 saturated carbocycles. The second-order valence-electron chi connectivity index (χ2n) is 6.01. The molecule has 1 aromatic rings. The molecule has 1 aliphatic rings. The Labute approximate surface area is 127 Å². The molecule has 1 N–H and O–H groups in total. The summed E-state index contributed by atoms with van der Waals surface area (Å²) in [5.41, 5.74) is 1.22. The molecule has 5 heteroatoms. The third-order valence-corrected chi connectivity index (χ3v) is 4.12. The lowest BCUT2D eigenvalue weighted by molar-refractivity contribution is -0.130. The fraction of sp³-hybridized carbons (Fsp3) is 0.625. The molecule has 2 heterocycles. The fourth-order valence-electron chi connectivity index (χ4n) is 2.67. The maximum atomic E-state index is 11.7. The number of piperidine rings is 1. The van der Waals surface area contributed by atoms with Gasteiger partial charge in [0.1, 0.15) is 0 Å². The van der Waals surface area contributed by atoms with E-state index in [4.69, 9.17) is 0 Å². The zero-order chi connectivity index (χ0) is 15.2. The first-order valence-corrected chi connectivity index (χ1v) is 7.64. The first kappa shape index (κ1) is 15.9. The Balaban J connectivity index is 1.75. The summed E-state index contributed by atoms with van der Waals surface area (Å²) in [6, 6.07) is 4.92. The van der Waals surface area contributed by atoms with Crippen LogP contribution in [0.5, 0.6) is 0 Å². The van der Waals surface area contributed by atoms with Crippen LogP contribution in [0.4, 0.5) is 0 Å². The van der Waals surface area contributed by atoms with Crippen molar-refractivity contribution in [2.45, 2.75) is 31.8 Å². The lowest BCUT2D eigenvalue weighted by Crippen LogP contribution is -2.46. The molecule has 1 aliphatic heterocycles. The maximum Gasteiger partial charge on any atom is 0.236 e. The van der Waals surface area contributed by atoms with E-state index >= 15 is 0 Å². The highest BCUT2D eigenvalue weighted by atomic mass is 16.2. The molecular weight excluding hydrogens is 264 g/mol. The number of hydrogen-bond acceptors (Lipinski definition) is 4. The predicted octanol–water partition coefficient (Wildman–Crippen LogP) is 1.28. The molecule has 1 atom stereocenters. The van der Waals surface area contributed by atoms with Gasteiger partial charge in [-0.15, -0.1) is 0 Å². The summed E-state index contributed by atoms with van der Waals surface area (Å²) in [4.78, 5) is 19.8. The van der Waals surface area contributed by atoms with E-state index in [1.807, 2.05) is 26.4 Å². The Bertz CT molecular complexity index is 441. The van der Waals surface area contributed by atoms with Crippen LogP contribution in [-0.2, 0) is 4.79 Å². The summed E-state index contributed by atoms with van der Waals surface area (Å²) in [6.45, 7) is 4.69. The third-order valence-electron chi connectivity index (χ3n) is 4.12. The van der Waals surface area contributed by atoms with Crippen molar-refractivity contribution < 1.29 is 4.79 Å². The van der Waals surface area contributed by atoms with Gasteiger partial charge in [-0.2, -0.15) is 0 Å². The Morgan fingerprint density at radius 2 is 2.19 bits per heavy atom. The van der Waals surface area contributed by atoms with Crippen molar-refractivity contribution in [3.05, 3.63) is 30.1 Å². The molecule has 1 aromatic heterocycles. The minimum atomic E-state index is 0.185. The molecule has 0 radical (unpaired) electrons. The number of hydrogen-bond donors (Lipinski definition) is 1. The van der Waals surface area contributed by atoms with Crippen LogP contribution in [0.1, 0.15) is 31.4 Å². The molecule has 0 aromatic carbocycles. The topological polar surface area (TPSA) is 48.5 Å². The van der Waals surface area contributed by atoms with Gasteiger partial charge in [0.05, 0.1) is 6.54 Å². The van der Waals surface area contributed by atoms with Crippen LogP contribution >= 0.6 is 0 Å². The normalized spacial score (nSPS) is 18.4. The second kappa shape index (κ2) is 7.52. The molecule has 0 aliphatic carbocycles. The number of pyridine rings is 1. The largest absolute Gasteiger partial charge is 0.348 e. The summed E-state index contributed by atoms with van der Waals surface area (Å²) < 4.78 is 0. The van der Waals surface area contributed by atoms with Gasteiger partial charge in [0.15, 0.2) is 0 Å². The van der Waals surface area contributed by atoms with Crippen molar-refractivity contribution in [2.24, 2.45) is 0 Å². The Hall–Kier alpha value is -1.46. The van der Waals surface area contributed by atoms with Crippen molar-refractivity contribution in [1.82, 2.24) is 20.1 Å². The van der Waals surface area contributed by atoms with Crippen molar-refractivity contribution in [1.29, 1.82) is 0 Å². The number of aromatic nitrogens is 1. The Morgan fingerprint density at radius 3 is 2.76 bits per heavy atom. The van der Waals surface area contributed by atoms with Crippen LogP contribution in [0, 0.1) is 0 Å². The smallest absolute Gasteiger partial charge is 0.236 e. The van der Waals surface area contributed by atoms with E-state index in [0.717, 1.165) is 25.9 Å². The highest BCUT2D eigenvalue weighted by Crippen LogP contribution is 2.16. The molecule has 21 heavy (non-hydrogen) atoms. The van der Waals surface area contributed by atoms with Gasteiger partial charge < -0.3 is 10.2 Å². The number of nitrogens with one attached hydrogen (secondary N) is 1. The first-order chi connectivity index (χ1) is 10.1. The number of likely N-dealkylation sites (tertiary alicyclic amines) is 1. The maximum absolute atomic E-state index is 11.7. The van der Waals surface area contributed by atoms with Gasteiger partial charge in [0.25, 0.3) is 0 Å². The third kappa shape index (κ3) is 4.79. The van der Waals surface area contributed by atoms with Crippen molar-refractivity contribution in [3.8, 4) is 0 Å². The van der Waals surface area contributed by atoms with Gasteiger partial charge in [-0.3, -0.25) is 14.7 Å². The minimum Gasteiger partial charge on any atom is -0.348 e. The summed E-state index contributed by atoms with van der Waals surface area (Å²) >= 11 is 0. The van der Waals surface area contributed by atoms with Crippen LogP contribution in [0.25, 0.3) is 0 Å². The van der Waals surface area contributed by atoms with Crippen LogP contribution in [0.15, 0.2) is 24.5 Å². The van der Waals surface area contributed by atoms with E-state index in [9.17, 15) is 4.79 Å². The van der Waals surface area contributed by atoms with Crippen molar-refractivity contribution >= 4 is 5.91 Å². The molecule has 5 nitrogen and oxygen atoms in total. The number of nitrogens with zero attached hydrogens (tertiary/aromatic N) is 3. The van der Waals surface area contributed by atoms with E-state index in [-0.39, 0.29) is 5.91 Å². The lowest BCUT2D eigenvalue weighted by Gasteiger charge is -2.34. The number of amides is 1. The van der Waals surface area contributed by atoms with Gasteiger partial charge in [-0.25, -0.2) is 0 Å². The van der Waals surface area contributed by atoms with Gasteiger partial charge in [-0.05, 0) is 31.4 Å². The number of carbonyl (C=O) groups is 1. The zero-order valence-electron chi connectivity index (χ0n) is 13.2. The van der Waals surface area contributed by atoms with Crippen LogP contribution in [0.3, 0.4) is 0 Å². The molecule has 2 rings (SSSR count). The lowest BCUT2D eigenvalue weighted by atomic mass is 10.0. The van der Waals surface area contributed by atoms with E-state index in [1.165, 1.54) is 5.56 Å². The Morgan fingerprint density at radius 1 is 1.48 bits per heavy atom. The van der Waals surface area contributed by atoms with Gasteiger partial charge in [-0.1, -0.05) is 6.07 Å². The fourth-order valence-corrected chi connectivity index (χ4v) is 2.67. The standard InChI is InChI=1S/C16H26N4O/c1-13(14-5-4-8-17-11-14)18-15-6-9-20(10-7-15)12-16(21)19(2)3/h4-5,8,11,13,15,18H,6-7,9-10,12H2,1-3H3. The van der Waals surface area contributed by atoms with Gasteiger partial charge in [0.2, 0.25) is 5.91 Å². The average molecular weight is 290 g/mol. The molecule has 1 amide bonds. The Kier molecular flexibility index (Phi) is 5.70. The second-order valence-corrected chi connectivity index (χ2v) is 6.01. The molecule has 1 fully saturated rings. The first-order valence-electron chi connectivity index (χ1n) is 7.64. The van der Waals surface area contributed by atoms with Crippen LogP contribution in [0.2, 0.25) is 0 Å². The van der Waals surface area contributed by atoms with Crippen molar-refractivity contribution in [3.63, 3.8) is 0 Å². The highest BCUT2D eigenvalue weighted by Gasteiger charge is 2.22. The monoisotopic (exact) mass is 290 g/mol. The number of rotatable bonds is 5. The number of carbonyl (C=O) groups excluding carboxylic acids is 1. The molecular formula is C16H26N4O. The molecule has 0 bridgehead atoms. The van der Waals surface area contributed by atoms with Crippen molar-refractivity contribution in [2.75, 3.05) is 33.7 Å². The summed E-state index contributed by atoms with van der Waals surface area (Å²) in [5.74, 6) is 0.185. The highest BCUT2D eigenvalue weighted by molar-refractivity contribution is 5.77.